The minimum absolute atomic E-state index is 0. The summed E-state index contributed by atoms with van der Waals surface area (Å²) in [6.07, 6.45) is 0. The number of hydrogen-bond donors (Lipinski definition) is 0. The van der Waals surface area contributed by atoms with E-state index in [1.807, 2.05) is 0 Å². The van der Waals surface area contributed by atoms with Crippen molar-refractivity contribution in [1.29, 1.82) is 0 Å². The fourth-order valence-corrected chi connectivity index (χ4v) is 1.75. The minimum atomic E-state index is -4.31. The number of hydrogen-bond acceptors (Lipinski definition) is 5. The summed E-state index contributed by atoms with van der Waals surface area (Å²) in [6, 6.07) is 6.78. The molecule has 0 aliphatic carbocycles. The molecule has 0 bridgehead atoms. The molecule has 0 aliphatic heterocycles. The summed E-state index contributed by atoms with van der Waals surface area (Å²) in [4.78, 5) is 0. The number of nitrogens with zero attached hydrogens (tertiary/aromatic N) is 1. The van der Waals surface area contributed by atoms with Crippen molar-refractivity contribution in [3.05, 3.63) is 30.0 Å². The number of aromatic nitrogens is 1. The van der Waals surface area contributed by atoms with Crippen molar-refractivity contribution in [3.8, 4) is 0 Å². The molecule has 0 spiro atoms. The van der Waals surface area contributed by atoms with Crippen molar-refractivity contribution in [2.24, 2.45) is 0 Å². The van der Waals surface area contributed by atoms with Gasteiger partial charge in [0.05, 0.1) is 5.75 Å². The third-order valence-corrected chi connectivity index (χ3v) is 2.39. The van der Waals surface area contributed by atoms with E-state index in [-0.39, 0.29) is 24.6 Å². The Kier molecular flexibility index (Phi) is 3.57. The van der Waals surface area contributed by atoms with E-state index >= 15 is 0 Å². The molecule has 5 nitrogen and oxygen atoms in total. The molecule has 7 heteroatoms. The smallest absolute Gasteiger partial charge is 0.748 e. The van der Waals surface area contributed by atoms with Crippen LogP contribution in [-0.4, -0.2) is 18.1 Å². The maximum absolute atomic E-state index is 10.5. The van der Waals surface area contributed by atoms with Crippen LogP contribution in [0.4, 0.5) is 0 Å². The van der Waals surface area contributed by atoms with Gasteiger partial charge in [-0.3, -0.25) is 0 Å². The molecule has 1 aromatic heterocycles. The first-order valence-electron chi connectivity index (χ1n) is 3.83. The summed E-state index contributed by atoms with van der Waals surface area (Å²) in [6.45, 7) is 0. The molecule has 1 heterocycles. The van der Waals surface area contributed by atoms with Gasteiger partial charge in [-0.15, -0.1) is 0 Å². The first kappa shape index (κ1) is 12.3. The summed E-state index contributed by atoms with van der Waals surface area (Å²) < 4.78 is 36.4. The molecule has 0 unspecified atom stereocenters. The number of fused-ring (bicyclic) bond motifs is 1. The summed E-state index contributed by atoms with van der Waals surface area (Å²) in [5, 5.41) is 4.09. The zero-order chi connectivity index (χ0) is 10.2. The van der Waals surface area contributed by atoms with E-state index in [1.165, 1.54) is 0 Å². The predicted octanol–water partition coefficient (Wildman–Crippen LogP) is -2.12. The number of para-hydroxylation sites is 1. The summed E-state index contributed by atoms with van der Waals surface area (Å²) >= 11 is 0. The van der Waals surface area contributed by atoms with Gasteiger partial charge in [0.25, 0.3) is 0 Å². The van der Waals surface area contributed by atoms with Crippen molar-refractivity contribution in [1.82, 2.24) is 5.16 Å². The summed E-state index contributed by atoms with van der Waals surface area (Å²) in [7, 11) is -4.31. The zero-order valence-electron chi connectivity index (χ0n) is 8.00. The van der Waals surface area contributed by atoms with E-state index in [0.29, 0.717) is 11.0 Å². The molecule has 0 atom stereocenters. The Labute approximate surface area is 98.4 Å². The predicted molar refractivity (Wildman–Crippen MR) is 47.4 cm³/mol. The second-order valence-corrected chi connectivity index (χ2v) is 4.23. The van der Waals surface area contributed by atoms with E-state index in [9.17, 15) is 13.0 Å². The third-order valence-electron chi connectivity index (χ3n) is 1.77. The van der Waals surface area contributed by atoms with Crippen LogP contribution in [0.25, 0.3) is 11.0 Å². The fraction of sp³-hybridized carbons (Fsp3) is 0.125. The second kappa shape index (κ2) is 4.37. The molecule has 0 fully saturated rings. The van der Waals surface area contributed by atoms with Gasteiger partial charge in [-0.05, 0) is 12.1 Å². The monoisotopic (exact) mass is 219 g/mol. The number of benzene rings is 1. The third kappa shape index (κ3) is 2.83. The van der Waals surface area contributed by atoms with Gasteiger partial charge in [0.15, 0.2) is 5.58 Å². The van der Waals surface area contributed by atoms with Gasteiger partial charge in [-0.25, -0.2) is 8.42 Å². The molecule has 0 saturated carbocycles. The Morgan fingerprint density at radius 3 is 2.67 bits per heavy atom. The van der Waals surface area contributed by atoms with E-state index in [4.69, 9.17) is 4.52 Å². The maximum atomic E-state index is 10.5. The van der Waals surface area contributed by atoms with Gasteiger partial charge >= 0.3 is 18.9 Å². The van der Waals surface area contributed by atoms with Gasteiger partial charge < -0.3 is 9.08 Å². The summed E-state index contributed by atoms with van der Waals surface area (Å²) in [5.74, 6) is -0.635. The van der Waals surface area contributed by atoms with Crippen molar-refractivity contribution in [2.45, 2.75) is 5.75 Å². The molecule has 0 N–H and O–H groups in total. The van der Waals surface area contributed by atoms with Crippen LogP contribution in [0.15, 0.2) is 28.8 Å². The molecule has 0 amide bonds. The van der Waals surface area contributed by atoms with E-state index < -0.39 is 15.9 Å². The Balaban J connectivity index is 0.00000112. The molecule has 15 heavy (non-hydrogen) atoms. The molecule has 0 aliphatic rings. The van der Waals surface area contributed by atoms with Crippen LogP contribution in [0, 0.1) is 0 Å². The molecule has 2 rings (SSSR count). The van der Waals surface area contributed by atoms with Gasteiger partial charge in [0.1, 0.15) is 15.8 Å². The summed E-state index contributed by atoms with van der Waals surface area (Å²) in [5.41, 5.74) is 0.641. The van der Waals surface area contributed by atoms with E-state index in [1.54, 1.807) is 24.3 Å². The average molecular weight is 219 g/mol. The molecule has 0 saturated heterocycles. The molecule has 1 aromatic carbocycles. The normalized spacial score (nSPS) is 11.3. The van der Waals surface area contributed by atoms with Crippen LogP contribution in [0.2, 0.25) is 0 Å². The topological polar surface area (TPSA) is 83.2 Å². The second-order valence-electron chi connectivity index (χ2n) is 2.83. The SMILES string of the molecule is O=S(=O)([O-])Cc1noc2ccccc12.[Li+]. The van der Waals surface area contributed by atoms with Crippen LogP contribution >= 0.6 is 0 Å². The molecular weight excluding hydrogens is 213 g/mol. The molecular formula is C8H6LiNO4S. The van der Waals surface area contributed by atoms with Crippen LogP contribution in [0.3, 0.4) is 0 Å². The molecule has 74 valence electrons. The Morgan fingerprint density at radius 1 is 1.33 bits per heavy atom. The average Bonchev–Trinajstić information content (AvgIpc) is 2.47. The Morgan fingerprint density at radius 2 is 2.00 bits per heavy atom. The Bertz CT molecular complexity index is 563. The van der Waals surface area contributed by atoms with E-state index in [2.05, 4.69) is 5.16 Å². The van der Waals surface area contributed by atoms with Gasteiger partial charge in [-0.1, -0.05) is 17.3 Å². The molecule has 2 aromatic rings. The van der Waals surface area contributed by atoms with Gasteiger partial charge in [0.2, 0.25) is 0 Å². The fourth-order valence-electron chi connectivity index (χ4n) is 1.21. The van der Waals surface area contributed by atoms with Crippen LogP contribution < -0.4 is 18.9 Å². The van der Waals surface area contributed by atoms with Crippen LogP contribution in [0.1, 0.15) is 5.69 Å². The zero-order valence-corrected chi connectivity index (χ0v) is 8.82. The number of rotatable bonds is 2. The Hall–Kier alpha value is -0.803. The standard InChI is InChI=1S/C8H7NO4S.Li/c10-14(11,12)5-7-6-3-1-2-4-8(6)13-9-7;/h1-4H,5H2,(H,10,11,12);/q;+1/p-1. The quantitative estimate of drug-likeness (QED) is 0.426. The van der Waals surface area contributed by atoms with Crippen LogP contribution in [-0.2, 0) is 15.9 Å². The van der Waals surface area contributed by atoms with E-state index in [0.717, 1.165) is 0 Å². The van der Waals surface area contributed by atoms with Crippen molar-refractivity contribution in [3.63, 3.8) is 0 Å². The first-order chi connectivity index (χ1) is 6.56. The van der Waals surface area contributed by atoms with Crippen molar-refractivity contribution in [2.75, 3.05) is 0 Å². The van der Waals surface area contributed by atoms with Gasteiger partial charge in [-0.2, -0.15) is 0 Å². The minimum Gasteiger partial charge on any atom is -0.748 e. The van der Waals surface area contributed by atoms with Crippen molar-refractivity contribution >= 4 is 21.1 Å². The molecule has 0 radical (unpaired) electrons. The first-order valence-corrected chi connectivity index (χ1v) is 5.41. The van der Waals surface area contributed by atoms with Crippen LogP contribution in [0.5, 0.6) is 0 Å². The van der Waals surface area contributed by atoms with Crippen molar-refractivity contribution < 1.29 is 36.4 Å². The van der Waals surface area contributed by atoms with Gasteiger partial charge in [0, 0.05) is 5.39 Å². The largest absolute Gasteiger partial charge is 1.00 e. The maximum Gasteiger partial charge on any atom is 1.00 e.